The molecule has 5 N–H and O–H groups in total. The quantitative estimate of drug-likeness (QED) is 0.547. The van der Waals surface area contributed by atoms with Crippen molar-refractivity contribution in [1.29, 1.82) is 0 Å². The molecule has 1 aromatic heterocycles. The van der Waals surface area contributed by atoms with Gasteiger partial charge in [0.2, 0.25) is 5.91 Å². The Morgan fingerprint density at radius 3 is 2.87 bits per heavy atom. The van der Waals surface area contributed by atoms with Gasteiger partial charge in [0.1, 0.15) is 0 Å². The molecule has 1 aliphatic heterocycles. The van der Waals surface area contributed by atoms with Crippen LogP contribution in [0.15, 0.2) is 59.6 Å². The second-order valence-electron chi connectivity index (χ2n) is 8.06. The maximum Gasteiger partial charge on any atom is 0.230 e. The fourth-order valence-electron chi connectivity index (χ4n) is 4.24. The topological polar surface area (TPSA) is 100 Å². The van der Waals surface area contributed by atoms with E-state index in [0.717, 1.165) is 36.9 Å². The average Bonchev–Trinajstić information content (AvgIpc) is 3.38. The van der Waals surface area contributed by atoms with Gasteiger partial charge in [-0.1, -0.05) is 42.5 Å². The molecule has 1 fully saturated rings. The highest BCUT2D eigenvalue weighted by Crippen LogP contribution is 2.29. The van der Waals surface area contributed by atoms with Crippen LogP contribution >= 0.6 is 11.3 Å². The van der Waals surface area contributed by atoms with Crippen LogP contribution in [0.5, 0.6) is 0 Å². The number of nitrogens with two attached hydrogens (primary N) is 1. The van der Waals surface area contributed by atoms with Crippen molar-refractivity contribution in [2.75, 3.05) is 5.73 Å². The summed E-state index contributed by atoms with van der Waals surface area (Å²) in [5.74, 6) is 0.360. The molecule has 158 valence electrons. The highest BCUT2D eigenvalue weighted by Gasteiger charge is 2.31. The molecule has 0 spiro atoms. The first-order valence-corrected chi connectivity index (χ1v) is 11.3. The predicted octanol–water partition coefficient (Wildman–Crippen LogP) is 3.09. The number of amides is 1. The van der Waals surface area contributed by atoms with Crippen molar-refractivity contribution in [1.82, 2.24) is 15.6 Å². The van der Waals surface area contributed by atoms with Gasteiger partial charge in [-0.2, -0.15) is 0 Å². The number of anilines is 1. The first kappa shape index (κ1) is 20.8. The summed E-state index contributed by atoms with van der Waals surface area (Å²) in [5, 5.41) is 19.5. The number of aliphatic hydroxyl groups is 1. The van der Waals surface area contributed by atoms with E-state index in [-0.39, 0.29) is 18.4 Å². The molecule has 1 amide bonds. The molecule has 1 aromatic carbocycles. The predicted molar refractivity (Wildman–Crippen MR) is 120 cm³/mol. The molecule has 4 atom stereocenters. The Labute approximate surface area is 180 Å². The van der Waals surface area contributed by atoms with Crippen molar-refractivity contribution in [3.05, 3.63) is 70.9 Å². The summed E-state index contributed by atoms with van der Waals surface area (Å²) >= 11 is 1.34. The number of aliphatic hydroxyl groups excluding tert-OH is 1. The normalized spacial score (nSPS) is 24.4. The lowest BCUT2D eigenvalue weighted by molar-refractivity contribution is -0.119. The van der Waals surface area contributed by atoms with Crippen molar-refractivity contribution in [2.24, 2.45) is 5.92 Å². The monoisotopic (exact) mass is 424 g/mol. The van der Waals surface area contributed by atoms with Crippen molar-refractivity contribution in [3.8, 4) is 0 Å². The first-order chi connectivity index (χ1) is 14.6. The fraction of sp³-hybridized carbons (Fsp3) is 0.391. The third-order valence-corrected chi connectivity index (χ3v) is 6.49. The van der Waals surface area contributed by atoms with Crippen LogP contribution in [0.25, 0.3) is 0 Å². The van der Waals surface area contributed by atoms with Crippen molar-refractivity contribution >= 4 is 22.4 Å². The van der Waals surface area contributed by atoms with Gasteiger partial charge in [0.15, 0.2) is 5.13 Å². The number of carbonyl (C=O) groups excluding carboxylic acids is 1. The van der Waals surface area contributed by atoms with Crippen LogP contribution < -0.4 is 16.4 Å². The van der Waals surface area contributed by atoms with Crippen LogP contribution in [0, 0.1) is 5.92 Å². The molecular weight excluding hydrogens is 396 g/mol. The smallest absolute Gasteiger partial charge is 0.230 e. The van der Waals surface area contributed by atoms with Gasteiger partial charge in [0, 0.05) is 23.2 Å². The van der Waals surface area contributed by atoms with Gasteiger partial charge in [-0.05, 0) is 43.2 Å². The third-order valence-electron chi connectivity index (χ3n) is 5.77. The summed E-state index contributed by atoms with van der Waals surface area (Å²) < 4.78 is 0. The molecular formula is C23H28N4O2S. The van der Waals surface area contributed by atoms with Crippen LogP contribution in [0.1, 0.15) is 43.0 Å². The largest absolute Gasteiger partial charge is 0.387 e. The molecule has 6 nitrogen and oxygen atoms in total. The van der Waals surface area contributed by atoms with Gasteiger partial charge in [0.25, 0.3) is 0 Å². The zero-order valence-electron chi connectivity index (χ0n) is 16.8. The number of rotatable bonds is 7. The zero-order valence-corrected chi connectivity index (χ0v) is 17.6. The molecule has 0 radical (unpaired) electrons. The molecule has 30 heavy (non-hydrogen) atoms. The highest BCUT2D eigenvalue weighted by atomic mass is 32.1. The van der Waals surface area contributed by atoms with E-state index in [1.165, 1.54) is 11.3 Å². The lowest BCUT2D eigenvalue weighted by atomic mass is 9.92. The van der Waals surface area contributed by atoms with E-state index in [9.17, 15) is 9.90 Å². The first-order valence-electron chi connectivity index (χ1n) is 10.4. The number of aromatic nitrogens is 1. The molecule has 4 rings (SSSR count). The Morgan fingerprint density at radius 1 is 1.33 bits per heavy atom. The maximum absolute atomic E-state index is 12.2. The fourth-order valence-corrected chi connectivity index (χ4v) is 4.80. The van der Waals surface area contributed by atoms with Gasteiger partial charge in [-0.3, -0.25) is 4.79 Å². The summed E-state index contributed by atoms with van der Waals surface area (Å²) in [6.45, 7) is 0. The number of benzene rings is 1. The number of carbonyl (C=O) groups is 1. The van der Waals surface area contributed by atoms with E-state index in [1.54, 1.807) is 0 Å². The minimum Gasteiger partial charge on any atom is -0.387 e. The van der Waals surface area contributed by atoms with E-state index >= 15 is 0 Å². The van der Waals surface area contributed by atoms with Gasteiger partial charge < -0.3 is 21.5 Å². The summed E-state index contributed by atoms with van der Waals surface area (Å²) in [6, 6.07) is 10.4. The number of nitrogens with one attached hydrogen (secondary N) is 2. The Kier molecular flexibility index (Phi) is 6.62. The average molecular weight is 425 g/mol. The Bertz CT molecular complexity index is 924. The van der Waals surface area contributed by atoms with Crippen LogP contribution in [0.2, 0.25) is 0 Å². The Hall–Kier alpha value is -2.48. The number of allylic oxidation sites excluding steroid dienone is 3. The van der Waals surface area contributed by atoms with Gasteiger partial charge >= 0.3 is 0 Å². The molecule has 1 unspecified atom stereocenters. The Morgan fingerprint density at radius 2 is 2.17 bits per heavy atom. The molecule has 2 aliphatic rings. The molecule has 0 bridgehead atoms. The number of thiazole rings is 1. The van der Waals surface area contributed by atoms with Gasteiger partial charge in [-0.25, -0.2) is 4.98 Å². The van der Waals surface area contributed by atoms with Gasteiger partial charge in [-0.15, -0.1) is 11.3 Å². The molecule has 1 saturated heterocycles. The highest BCUT2D eigenvalue weighted by molar-refractivity contribution is 7.13. The standard InChI is InChI=1S/C23H28N4O2S/c24-23-27-19(14-30-23)13-21(28)26-17-8-6-15(7-9-17)12-18-10-11-20(25-18)22(29)16-4-2-1-3-5-16/h1-6,8-9,14-15,18,20,22,25,29H,7,10-13H2,(H2,24,27)(H,26,28)/t15?,18-,20+,22+/m0/s1. The van der Waals surface area contributed by atoms with Crippen molar-refractivity contribution in [2.45, 2.75) is 50.3 Å². The molecule has 7 heteroatoms. The van der Waals surface area contributed by atoms with Crippen LogP contribution in [-0.4, -0.2) is 28.1 Å². The SMILES string of the molecule is Nc1nc(CC(=O)NC2=CCC(C[C@@H]3CC[C@H]([C@H](O)c4ccccc4)N3)C=C2)cs1. The van der Waals surface area contributed by atoms with Crippen LogP contribution in [0.4, 0.5) is 5.13 Å². The van der Waals surface area contributed by atoms with Crippen LogP contribution in [0.3, 0.4) is 0 Å². The minimum absolute atomic E-state index is 0.0788. The van der Waals surface area contributed by atoms with Crippen LogP contribution in [-0.2, 0) is 11.2 Å². The van der Waals surface area contributed by atoms with E-state index in [0.29, 0.717) is 22.8 Å². The summed E-state index contributed by atoms with van der Waals surface area (Å²) in [6.07, 6.45) is 10.0. The summed E-state index contributed by atoms with van der Waals surface area (Å²) in [7, 11) is 0. The second kappa shape index (κ2) is 9.55. The second-order valence-corrected chi connectivity index (χ2v) is 8.94. The number of nitrogen functional groups attached to an aromatic ring is 1. The van der Waals surface area contributed by atoms with E-state index in [4.69, 9.17) is 5.73 Å². The third kappa shape index (κ3) is 5.36. The maximum atomic E-state index is 12.2. The van der Waals surface area contributed by atoms with E-state index < -0.39 is 6.10 Å². The molecule has 0 saturated carbocycles. The number of hydrogen-bond acceptors (Lipinski definition) is 6. The Balaban J connectivity index is 1.21. The number of hydrogen-bond donors (Lipinski definition) is 4. The number of nitrogens with zero attached hydrogens (tertiary/aromatic N) is 1. The van der Waals surface area contributed by atoms with E-state index in [1.807, 2.05) is 41.8 Å². The zero-order chi connectivity index (χ0) is 20.9. The van der Waals surface area contributed by atoms with E-state index in [2.05, 4.69) is 27.8 Å². The van der Waals surface area contributed by atoms with Gasteiger partial charge in [0.05, 0.1) is 18.2 Å². The molecule has 2 aromatic rings. The minimum atomic E-state index is -0.465. The van der Waals surface area contributed by atoms with Crippen molar-refractivity contribution < 1.29 is 9.90 Å². The van der Waals surface area contributed by atoms with Crippen molar-refractivity contribution in [3.63, 3.8) is 0 Å². The molecule has 1 aliphatic carbocycles. The lowest BCUT2D eigenvalue weighted by Gasteiger charge is -2.23. The molecule has 2 heterocycles. The lowest BCUT2D eigenvalue weighted by Crippen LogP contribution is -2.35. The summed E-state index contributed by atoms with van der Waals surface area (Å²) in [5.41, 5.74) is 8.12. The summed E-state index contributed by atoms with van der Waals surface area (Å²) in [4.78, 5) is 16.3.